The van der Waals surface area contributed by atoms with Crippen molar-refractivity contribution in [2.45, 2.75) is 0 Å². The monoisotopic (exact) mass is 163 g/mol. The summed E-state index contributed by atoms with van der Waals surface area (Å²) in [7, 11) is 0. The lowest BCUT2D eigenvalue weighted by molar-refractivity contribution is 0.112. The van der Waals surface area contributed by atoms with Gasteiger partial charge in [0.1, 0.15) is 5.84 Å². The van der Waals surface area contributed by atoms with Crippen molar-refractivity contribution in [2.75, 3.05) is 5.73 Å². The molecule has 0 aliphatic rings. The zero-order chi connectivity index (χ0) is 9.14. The molecule has 0 radical (unpaired) electrons. The van der Waals surface area contributed by atoms with Gasteiger partial charge in [0.25, 0.3) is 0 Å². The normalized spacial score (nSPS) is 9.33. The summed E-state index contributed by atoms with van der Waals surface area (Å²) in [5.41, 5.74) is 12.0. The van der Waals surface area contributed by atoms with Crippen LogP contribution < -0.4 is 11.5 Å². The predicted octanol–water partition coefficient (Wildman–Crippen LogP) is 0.365. The third-order valence-corrected chi connectivity index (χ3v) is 1.52. The Balaban J connectivity index is 3.18. The quantitative estimate of drug-likeness (QED) is 0.254. The summed E-state index contributed by atoms with van der Waals surface area (Å²) in [6.45, 7) is 0. The van der Waals surface area contributed by atoms with E-state index in [-0.39, 0.29) is 5.84 Å². The number of carbonyl (C=O) groups is 1. The lowest BCUT2D eigenvalue weighted by atomic mass is 10.1. The first-order valence-corrected chi connectivity index (χ1v) is 3.34. The Bertz CT molecular complexity index is 333. The molecule has 5 N–H and O–H groups in total. The number of rotatable bonds is 2. The highest BCUT2D eigenvalue weighted by atomic mass is 16.1. The average Bonchev–Trinajstić information content (AvgIpc) is 2.04. The number of carbonyl (C=O) groups excluding carboxylic acids is 1. The van der Waals surface area contributed by atoms with Gasteiger partial charge in [-0.05, 0) is 12.1 Å². The van der Waals surface area contributed by atoms with Crippen molar-refractivity contribution in [1.29, 1.82) is 5.41 Å². The highest BCUT2D eigenvalue weighted by Crippen LogP contribution is 2.11. The predicted molar refractivity (Wildman–Crippen MR) is 47.3 cm³/mol. The van der Waals surface area contributed by atoms with Gasteiger partial charge in [-0.1, -0.05) is 6.07 Å². The summed E-state index contributed by atoms with van der Waals surface area (Å²) in [5.74, 6) is -0.0563. The van der Waals surface area contributed by atoms with Crippen molar-refractivity contribution < 1.29 is 4.79 Å². The Morgan fingerprint density at radius 3 is 2.58 bits per heavy atom. The second-order valence-electron chi connectivity index (χ2n) is 2.38. The molecule has 0 saturated heterocycles. The Hall–Kier alpha value is -1.84. The molecule has 0 aliphatic carbocycles. The number of hydrogen-bond acceptors (Lipinski definition) is 3. The average molecular weight is 163 g/mol. The zero-order valence-corrected chi connectivity index (χ0v) is 6.37. The molecule has 0 unspecified atom stereocenters. The van der Waals surface area contributed by atoms with Crippen molar-refractivity contribution in [3.63, 3.8) is 0 Å². The standard InChI is InChI=1S/C8H9N3O/c9-7-3-5(8(10)11)1-2-6(7)4-12/h1-4H,9H2,(H3,10,11). The van der Waals surface area contributed by atoms with E-state index in [0.29, 0.717) is 23.1 Å². The molecule has 1 aromatic carbocycles. The number of hydrogen-bond donors (Lipinski definition) is 3. The Morgan fingerprint density at radius 2 is 2.17 bits per heavy atom. The van der Waals surface area contributed by atoms with E-state index in [1.807, 2.05) is 0 Å². The van der Waals surface area contributed by atoms with E-state index in [1.165, 1.54) is 6.07 Å². The number of nitrogens with one attached hydrogen (secondary N) is 1. The molecule has 0 saturated carbocycles. The third kappa shape index (κ3) is 1.42. The Labute approximate surface area is 69.7 Å². The molecule has 4 nitrogen and oxygen atoms in total. The van der Waals surface area contributed by atoms with Crippen LogP contribution in [0, 0.1) is 5.41 Å². The van der Waals surface area contributed by atoms with Crippen molar-refractivity contribution in [3.05, 3.63) is 29.3 Å². The molecule has 0 fully saturated rings. The van der Waals surface area contributed by atoms with E-state index in [0.717, 1.165) is 0 Å². The lowest BCUT2D eigenvalue weighted by Crippen LogP contribution is -2.11. The number of anilines is 1. The first-order valence-electron chi connectivity index (χ1n) is 3.34. The Kier molecular flexibility index (Phi) is 2.09. The van der Waals surface area contributed by atoms with Gasteiger partial charge in [0.2, 0.25) is 0 Å². The number of nitrogen functional groups attached to an aromatic ring is 2. The molecule has 4 heteroatoms. The van der Waals surface area contributed by atoms with Crippen LogP contribution in [0.25, 0.3) is 0 Å². The van der Waals surface area contributed by atoms with E-state index < -0.39 is 0 Å². The number of amidine groups is 1. The smallest absolute Gasteiger partial charge is 0.152 e. The van der Waals surface area contributed by atoms with Crippen molar-refractivity contribution in [1.82, 2.24) is 0 Å². The summed E-state index contributed by atoms with van der Waals surface area (Å²) in [6, 6.07) is 4.63. The van der Waals surface area contributed by atoms with Crippen LogP contribution in [0.5, 0.6) is 0 Å². The minimum absolute atomic E-state index is 0.0563. The maximum atomic E-state index is 10.3. The maximum Gasteiger partial charge on any atom is 0.152 e. The molecule has 0 atom stereocenters. The lowest BCUT2D eigenvalue weighted by Gasteiger charge is -2.01. The molecular weight excluding hydrogens is 154 g/mol. The molecule has 0 spiro atoms. The second kappa shape index (κ2) is 3.04. The van der Waals surface area contributed by atoms with Crippen LogP contribution in [-0.4, -0.2) is 12.1 Å². The van der Waals surface area contributed by atoms with E-state index >= 15 is 0 Å². The molecule has 1 rings (SSSR count). The second-order valence-corrected chi connectivity index (χ2v) is 2.38. The van der Waals surface area contributed by atoms with Gasteiger partial charge >= 0.3 is 0 Å². The largest absolute Gasteiger partial charge is 0.398 e. The van der Waals surface area contributed by atoms with Crippen LogP contribution in [0.1, 0.15) is 15.9 Å². The van der Waals surface area contributed by atoms with Crippen LogP contribution in [0.4, 0.5) is 5.69 Å². The van der Waals surface area contributed by atoms with Gasteiger partial charge in [-0.3, -0.25) is 10.2 Å². The molecule has 0 bridgehead atoms. The van der Waals surface area contributed by atoms with E-state index in [4.69, 9.17) is 16.9 Å². The summed E-state index contributed by atoms with van der Waals surface area (Å²) < 4.78 is 0. The summed E-state index contributed by atoms with van der Waals surface area (Å²) in [6.07, 6.45) is 0.666. The van der Waals surface area contributed by atoms with Crippen LogP contribution in [0.2, 0.25) is 0 Å². The number of nitrogens with two attached hydrogens (primary N) is 2. The highest BCUT2D eigenvalue weighted by Gasteiger charge is 2.00. The third-order valence-electron chi connectivity index (χ3n) is 1.52. The van der Waals surface area contributed by atoms with Crippen LogP contribution >= 0.6 is 0 Å². The van der Waals surface area contributed by atoms with Gasteiger partial charge in [0.15, 0.2) is 6.29 Å². The minimum Gasteiger partial charge on any atom is -0.398 e. The fraction of sp³-hybridized carbons (Fsp3) is 0. The highest BCUT2D eigenvalue weighted by molar-refractivity contribution is 5.97. The molecule has 0 amide bonds. The molecule has 62 valence electrons. The van der Waals surface area contributed by atoms with Crippen molar-refractivity contribution >= 4 is 17.8 Å². The molecule has 12 heavy (non-hydrogen) atoms. The van der Waals surface area contributed by atoms with Crippen molar-refractivity contribution in [3.8, 4) is 0 Å². The van der Waals surface area contributed by atoms with Crippen LogP contribution in [0.3, 0.4) is 0 Å². The molecule has 1 aromatic rings. The summed E-state index contributed by atoms with van der Waals surface area (Å²) >= 11 is 0. The van der Waals surface area contributed by atoms with Gasteiger partial charge in [-0.15, -0.1) is 0 Å². The van der Waals surface area contributed by atoms with Gasteiger partial charge in [-0.25, -0.2) is 0 Å². The van der Waals surface area contributed by atoms with Crippen LogP contribution in [-0.2, 0) is 0 Å². The fourth-order valence-electron chi connectivity index (χ4n) is 0.850. The van der Waals surface area contributed by atoms with Crippen LogP contribution in [0.15, 0.2) is 18.2 Å². The summed E-state index contributed by atoms with van der Waals surface area (Å²) in [4.78, 5) is 10.3. The molecule has 0 heterocycles. The maximum absolute atomic E-state index is 10.3. The topological polar surface area (TPSA) is 93.0 Å². The Morgan fingerprint density at radius 1 is 1.50 bits per heavy atom. The molecule has 0 aromatic heterocycles. The molecule has 0 aliphatic heterocycles. The van der Waals surface area contributed by atoms with Gasteiger partial charge in [-0.2, -0.15) is 0 Å². The van der Waals surface area contributed by atoms with Gasteiger partial charge in [0, 0.05) is 16.8 Å². The van der Waals surface area contributed by atoms with E-state index in [2.05, 4.69) is 0 Å². The fourth-order valence-corrected chi connectivity index (χ4v) is 0.850. The van der Waals surface area contributed by atoms with Gasteiger partial charge < -0.3 is 11.5 Å². The number of benzene rings is 1. The zero-order valence-electron chi connectivity index (χ0n) is 6.37. The molecular formula is C8H9N3O. The van der Waals surface area contributed by atoms with Gasteiger partial charge in [0.05, 0.1) is 0 Å². The summed E-state index contributed by atoms with van der Waals surface area (Å²) in [5, 5.41) is 7.09. The first kappa shape index (κ1) is 8.26. The first-order chi connectivity index (χ1) is 5.65. The van der Waals surface area contributed by atoms with E-state index in [1.54, 1.807) is 12.1 Å². The van der Waals surface area contributed by atoms with E-state index in [9.17, 15) is 4.79 Å². The SMILES string of the molecule is N=C(N)c1ccc(C=O)c(N)c1. The minimum atomic E-state index is -0.0563. The van der Waals surface area contributed by atoms with Crippen molar-refractivity contribution in [2.24, 2.45) is 5.73 Å². The number of aldehydes is 1.